The average Bonchev–Trinajstić information content (AvgIpc) is 2.55. The van der Waals surface area contributed by atoms with Crippen molar-refractivity contribution in [1.82, 2.24) is 10.2 Å². The number of carbonyl (C=O) groups excluding carboxylic acids is 1. The number of nitrogens with one attached hydrogen (secondary N) is 1. The maximum atomic E-state index is 11.8. The van der Waals surface area contributed by atoms with Crippen LogP contribution in [0.5, 0.6) is 0 Å². The SMILES string of the molecule is CC1CCN(CCCNC(=O)CSCc2ccc(Br)cc2)CC1. The number of thioether (sulfide) groups is 1. The number of halogens is 1. The number of hydrogen-bond acceptors (Lipinski definition) is 3. The average molecular weight is 399 g/mol. The van der Waals surface area contributed by atoms with Gasteiger partial charge in [0.15, 0.2) is 0 Å². The fourth-order valence-corrected chi connectivity index (χ4v) is 3.79. The number of likely N-dealkylation sites (tertiary alicyclic amines) is 1. The molecule has 1 amide bonds. The van der Waals surface area contributed by atoms with E-state index in [0.717, 1.165) is 35.7 Å². The predicted molar refractivity (Wildman–Crippen MR) is 103 cm³/mol. The molecule has 128 valence electrons. The molecule has 0 bridgehead atoms. The second-order valence-corrected chi connectivity index (χ2v) is 8.25. The van der Waals surface area contributed by atoms with E-state index >= 15 is 0 Å². The summed E-state index contributed by atoms with van der Waals surface area (Å²) in [6.07, 6.45) is 3.69. The molecule has 23 heavy (non-hydrogen) atoms. The highest BCUT2D eigenvalue weighted by molar-refractivity contribution is 9.10. The number of carbonyl (C=O) groups is 1. The standard InChI is InChI=1S/C18H27BrN2OS/c1-15-7-11-21(12-8-15)10-2-9-20-18(22)14-23-13-16-3-5-17(19)6-4-16/h3-6,15H,2,7-14H2,1H3,(H,20,22). The lowest BCUT2D eigenvalue weighted by Gasteiger charge is -2.30. The van der Waals surface area contributed by atoms with Crippen molar-refractivity contribution in [2.45, 2.75) is 31.9 Å². The first-order valence-corrected chi connectivity index (χ1v) is 10.4. The molecule has 1 saturated heterocycles. The number of piperidine rings is 1. The van der Waals surface area contributed by atoms with E-state index in [1.807, 2.05) is 12.1 Å². The first kappa shape index (κ1) is 18.8. The van der Waals surface area contributed by atoms with Gasteiger partial charge >= 0.3 is 0 Å². The Balaban J connectivity index is 1.49. The Kier molecular flexibility index (Phi) is 8.48. The highest BCUT2D eigenvalue weighted by Crippen LogP contribution is 2.16. The molecule has 1 heterocycles. The third kappa shape index (κ3) is 7.73. The van der Waals surface area contributed by atoms with E-state index in [2.05, 4.69) is 45.2 Å². The molecule has 0 atom stereocenters. The highest BCUT2D eigenvalue weighted by Gasteiger charge is 2.14. The Bertz CT molecular complexity index is 472. The van der Waals surface area contributed by atoms with Crippen LogP contribution in [0.25, 0.3) is 0 Å². The molecule has 0 unspecified atom stereocenters. The molecule has 1 aliphatic rings. The second-order valence-electron chi connectivity index (χ2n) is 6.35. The van der Waals surface area contributed by atoms with E-state index in [-0.39, 0.29) is 5.91 Å². The fraction of sp³-hybridized carbons (Fsp3) is 0.611. The Morgan fingerprint density at radius 2 is 2.00 bits per heavy atom. The fourth-order valence-electron chi connectivity index (χ4n) is 2.71. The Morgan fingerprint density at radius 1 is 1.30 bits per heavy atom. The molecule has 1 aliphatic heterocycles. The van der Waals surface area contributed by atoms with Crippen molar-refractivity contribution in [2.24, 2.45) is 5.92 Å². The van der Waals surface area contributed by atoms with Gasteiger partial charge in [-0.2, -0.15) is 0 Å². The zero-order chi connectivity index (χ0) is 16.5. The van der Waals surface area contributed by atoms with E-state index in [9.17, 15) is 4.79 Å². The lowest BCUT2D eigenvalue weighted by atomic mass is 9.99. The van der Waals surface area contributed by atoms with Crippen molar-refractivity contribution in [3.63, 3.8) is 0 Å². The molecule has 1 N–H and O–H groups in total. The van der Waals surface area contributed by atoms with Crippen LogP contribution in [0.15, 0.2) is 28.7 Å². The summed E-state index contributed by atoms with van der Waals surface area (Å²) < 4.78 is 1.09. The molecule has 0 aliphatic carbocycles. The number of rotatable bonds is 8. The molecule has 5 heteroatoms. The van der Waals surface area contributed by atoms with E-state index in [1.165, 1.54) is 31.5 Å². The summed E-state index contributed by atoms with van der Waals surface area (Å²) in [5.41, 5.74) is 1.25. The minimum absolute atomic E-state index is 0.152. The van der Waals surface area contributed by atoms with Crippen LogP contribution in [0.2, 0.25) is 0 Å². The van der Waals surface area contributed by atoms with Crippen molar-refractivity contribution in [1.29, 1.82) is 0 Å². The quantitative estimate of drug-likeness (QED) is 0.673. The Labute approximate surface area is 152 Å². The van der Waals surface area contributed by atoms with Crippen molar-refractivity contribution in [2.75, 3.05) is 31.9 Å². The molecular weight excluding hydrogens is 372 g/mol. The first-order chi connectivity index (χ1) is 11.1. The topological polar surface area (TPSA) is 32.3 Å². The van der Waals surface area contributed by atoms with Gasteiger partial charge in [-0.25, -0.2) is 0 Å². The molecule has 3 nitrogen and oxygen atoms in total. The van der Waals surface area contributed by atoms with Crippen molar-refractivity contribution >= 4 is 33.6 Å². The molecule has 0 spiro atoms. The molecule has 1 aromatic carbocycles. The predicted octanol–water partition coefficient (Wildman–Crippen LogP) is 3.92. The van der Waals surface area contributed by atoms with Crippen molar-refractivity contribution in [3.05, 3.63) is 34.3 Å². The molecule has 1 aromatic rings. The van der Waals surface area contributed by atoms with E-state index in [4.69, 9.17) is 0 Å². The van der Waals surface area contributed by atoms with Gasteiger partial charge in [0.05, 0.1) is 5.75 Å². The summed E-state index contributed by atoms with van der Waals surface area (Å²) in [4.78, 5) is 14.4. The van der Waals surface area contributed by atoms with Crippen molar-refractivity contribution < 1.29 is 4.79 Å². The summed E-state index contributed by atoms with van der Waals surface area (Å²) in [6.45, 7) is 6.68. The maximum Gasteiger partial charge on any atom is 0.230 e. The van der Waals surface area contributed by atoms with E-state index in [1.54, 1.807) is 11.8 Å². The van der Waals surface area contributed by atoms with Gasteiger partial charge in [0.2, 0.25) is 5.91 Å². The number of benzene rings is 1. The Morgan fingerprint density at radius 3 is 2.70 bits per heavy atom. The summed E-state index contributed by atoms with van der Waals surface area (Å²) >= 11 is 5.10. The van der Waals surface area contributed by atoms with Crippen LogP contribution in [0.4, 0.5) is 0 Å². The first-order valence-electron chi connectivity index (χ1n) is 8.45. The van der Waals surface area contributed by atoms with Gasteiger partial charge in [0.1, 0.15) is 0 Å². The zero-order valence-corrected chi connectivity index (χ0v) is 16.3. The Hall–Kier alpha value is -0.520. The van der Waals surface area contributed by atoms with Crippen LogP contribution in [0, 0.1) is 5.92 Å². The molecule has 0 aromatic heterocycles. The van der Waals surface area contributed by atoms with E-state index < -0.39 is 0 Å². The largest absolute Gasteiger partial charge is 0.355 e. The summed E-state index contributed by atoms with van der Waals surface area (Å²) in [5, 5.41) is 3.03. The lowest BCUT2D eigenvalue weighted by Crippen LogP contribution is -2.35. The molecule has 2 rings (SSSR count). The van der Waals surface area contributed by atoms with E-state index in [0.29, 0.717) is 5.75 Å². The maximum absolute atomic E-state index is 11.8. The minimum Gasteiger partial charge on any atom is -0.355 e. The smallest absolute Gasteiger partial charge is 0.230 e. The minimum atomic E-state index is 0.152. The lowest BCUT2D eigenvalue weighted by molar-refractivity contribution is -0.118. The number of hydrogen-bond donors (Lipinski definition) is 1. The van der Waals surface area contributed by atoms with Crippen molar-refractivity contribution in [3.8, 4) is 0 Å². The molecule has 1 fully saturated rings. The third-order valence-electron chi connectivity index (χ3n) is 4.26. The van der Waals surface area contributed by atoms with Crippen LogP contribution in [-0.2, 0) is 10.5 Å². The third-order valence-corrected chi connectivity index (χ3v) is 5.80. The number of nitrogens with zero attached hydrogens (tertiary/aromatic N) is 1. The summed E-state index contributed by atoms with van der Waals surface area (Å²) in [5.74, 6) is 2.46. The van der Waals surface area contributed by atoms with Gasteiger partial charge in [-0.3, -0.25) is 4.79 Å². The molecule has 0 radical (unpaired) electrons. The summed E-state index contributed by atoms with van der Waals surface area (Å²) in [7, 11) is 0. The van der Waals surface area contributed by atoms with Gasteiger partial charge in [-0.1, -0.05) is 35.0 Å². The monoisotopic (exact) mass is 398 g/mol. The summed E-state index contributed by atoms with van der Waals surface area (Å²) in [6, 6.07) is 8.26. The van der Waals surface area contributed by atoms with Gasteiger partial charge in [0.25, 0.3) is 0 Å². The highest BCUT2D eigenvalue weighted by atomic mass is 79.9. The van der Waals surface area contributed by atoms with Gasteiger partial charge in [-0.05, 0) is 62.5 Å². The van der Waals surface area contributed by atoms with Crippen LogP contribution in [0.1, 0.15) is 31.7 Å². The van der Waals surface area contributed by atoms with Gasteiger partial charge in [0, 0.05) is 16.8 Å². The van der Waals surface area contributed by atoms with Crippen LogP contribution >= 0.6 is 27.7 Å². The number of amides is 1. The molecule has 0 saturated carbocycles. The van der Waals surface area contributed by atoms with Crippen LogP contribution in [-0.4, -0.2) is 42.7 Å². The van der Waals surface area contributed by atoms with Gasteiger partial charge in [-0.15, -0.1) is 11.8 Å². The van der Waals surface area contributed by atoms with Crippen LogP contribution in [0.3, 0.4) is 0 Å². The normalized spacial score (nSPS) is 16.4. The van der Waals surface area contributed by atoms with Gasteiger partial charge < -0.3 is 10.2 Å². The second kappa shape index (κ2) is 10.4. The molecular formula is C18H27BrN2OS. The van der Waals surface area contributed by atoms with Crippen LogP contribution < -0.4 is 5.32 Å². The zero-order valence-electron chi connectivity index (χ0n) is 13.9.